The number of rotatable bonds is 1. The topological polar surface area (TPSA) is 9.23 Å². The molecule has 0 N–H and O–H groups in total. The molecular formula is C6H9IO. The van der Waals surface area contributed by atoms with Crippen LogP contribution in [-0.4, -0.2) is 0 Å². The fourth-order valence-corrected chi connectivity index (χ4v) is 1.28. The first-order valence-corrected chi connectivity index (χ1v) is 3.79. The van der Waals surface area contributed by atoms with Crippen molar-refractivity contribution in [3.8, 4) is 0 Å². The van der Waals surface area contributed by atoms with Crippen LogP contribution in [-0.2, 0) is 3.07 Å². The van der Waals surface area contributed by atoms with E-state index in [-0.39, 0.29) is 0 Å². The van der Waals surface area contributed by atoms with Gasteiger partial charge in [-0.3, -0.25) is 0 Å². The smallest absolute Gasteiger partial charge is 0.192 e. The monoisotopic (exact) mass is 224 g/mol. The van der Waals surface area contributed by atoms with Crippen molar-refractivity contribution in [2.45, 2.75) is 25.7 Å². The Hall–Kier alpha value is 0.270. The average Bonchev–Trinajstić information content (AvgIpc) is 1.90. The Bertz CT molecular complexity index is 98.7. The molecule has 2 heteroatoms. The fraction of sp³-hybridized carbons (Fsp3) is 0.667. The Morgan fingerprint density at radius 1 is 1.50 bits per heavy atom. The molecule has 0 amide bonds. The standard InChI is InChI=1S/C6H9IO/c7-8-6-4-2-1-3-5-6/h4H,1-3,5H2. The van der Waals surface area contributed by atoms with E-state index >= 15 is 0 Å². The maximum atomic E-state index is 5.02. The first-order chi connectivity index (χ1) is 3.93. The van der Waals surface area contributed by atoms with Gasteiger partial charge in [-0.15, -0.1) is 0 Å². The van der Waals surface area contributed by atoms with E-state index in [0.29, 0.717) is 0 Å². The third-order valence-corrected chi connectivity index (χ3v) is 1.91. The third-order valence-electron chi connectivity index (χ3n) is 1.35. The van der Waals surface area contributed by atoms with E-state index in [0.717, 1.165) is 12.2 Å². The van der Waals surface area contributed by atoms with Crippen LogP contribution < -0.4 is 0 Å². The van der Waals surface area contributed by atoms with E-state index in [1.54, 1.807) is 0 Å². The molecule has 0 unspecified atom stereocenters. The molecule has 0 saturated heterocycles. The van der Waals surface area contributed by atoms with E-state index in [2.05, 4.69) is 6.08 Å². The lowest BCUT2D eigenvalue weighted by Crippen LogP contribution is -1.89. The van der Waals surface area contributed by atoms with E-state index in [1.807, 2.05) is 23.0 Å². The zero-order valence-corrected chi connectivity index (χ0v) is 6.85. The molecular weight excluding hydrogens is 215 g/mol. The molecule has 0 heterocycles. The van der Waals surface area contributed by atoms with Crippen molar-refractivity contribution in [2.75, 3.05) is 0 Å². The van der Waals surface area contributed by atoms with Crippen molar-refractivity contribution >= 4 is 23.0 Å². The Morgan fingerprint density at radius 3 is 2.75 bits per heavy atom. The first kappa shape index (κ1) is 6.39. The number of allylic oxidation sites excluding steroid dienone is 2. The molecule has 0 aliphatic heterocycles. The lowest BCUT2D eigenvalue weighted by atomic mass is 10.1. The van der Waals surface area contributed by atoms with Gasteiger partial charge >= 0.3 is 0 Å². The van der Waals surface area contributed by atoms with Gasteiger partial charge in [0.25, 0.3) is 0 Å². The molecule has 0 saturated carbocycles. The quantitative estimate of drug-likeness (QED) is 0.622. The number of hydrogen-bond donors (Lipinski definition) is 0. The molecule has 0 spiro atoms. The molecule has 0 aromatic carbocycles. The van der Waals surface area contributed by atoms with Gasteiger partial charge in [-0.05, 0) is 25.3 Å². The van der Waals surface area contributed by atoms with Gasteiger partial charge in [0.05, 0.1) is 0 Å². The molecule has 0 aromatic heterocycles. The second kappa shape index (κ2) is 3.33. The summed E-state index contributed by atoms with van der Waals surface area (Å²) < 4.78 is 5.02. The molecule has 0 atom stereocenters. The summed E-state index contributed by atoms with van der Waals surface area (Å²) in [6, 6.07) is 0. The highest BCUT2D eigenvalue weighted by atomic mass is 127. The van der Waals surface area contributed by atoms with Gasteiger partial charge in [0.2, 0.25) is 0 Å². The normalized spacial score (nSPS) is 19.9. The lowest BCUT2D eigenvalue weighted by Gasteiger charge is -2.07. The molecule has 0 aromatic rings. The van der Waals surface area contributed by atoms with Crippen LogP contribution in [0.4, 0.5) is 0 Å². The van der Waals surface area contributed by atoms with Crippen molar-refractivity contribution in [3.05, 3.63) is 11.8 Å². The van der Waals surface area contributed by atoms with Crippen LogP contribution in [0, 0.1) is 0 Å². The molecule has 1 rings (SSSR count). The van der Waals surface area contributed by atoms with Gasteiger partial charge in [0.15, 0.2) is 23.0 Å². The van der Waals surface area contributed by atoms with Crippen molar-refractivity contribution in [3.63, 3.8) is 0 Å². The zero-order chi connectivity index (χ0) is 5.82. The highest BCUT2D eigenvalue weighted by Gasteiger charge is 2.01. The second-order valence-corrected chi connectivity index (χ2v) is 2.43. The minimum absolute atomic E-state index is 1.14. The van der Waals surface area contributed by atoms with Crippen LogP contribution in [0.2, 0.25) is 0 Å². The van der Waals surface area contributed by atoms with Crippen LogP contribution >= 0.6 is 23.0 Å². The summed E-state index contributed by atoms with van der Waals surface area (Å²) in [6.07, 6.45) is 7.16. The Labute approximate surface area is 63.8 Å². The van der Waals surface area contributed by atoms with Gasteiger partial charge in [0.1, 0.15) is 5.76 Å². The van der Waals surface area contributed by atoms with Crippen LogP contribution in [0.15, 0.2) is 11.8 Å². The van der Waals surface area contributed by atoms with Crippen molar-refractivity contribution in [2.24, 2.45) is 0 Å². The van der Waals surface area contributed by atoms with E-state index in [9.17, 15) is 0 Å². The maximum absolute atomic E-state index is 5.02. The van der Waals surface area contributed by atoms with E-state index in [1.165, 1.54) is 19.3 Å². The SMILES string of the molecule is IOC1=CCCCC1. The minimum atomic E-state index is 1.14. The van der Waals surface area contributed by atoms with Gasteiger partial charge in [0, 0.05) is 6.42 Å². The van der Waals surface area contributed by atoms with Crippen LogP contribution in [0.3, 0.4) is 0 Å². The highest BCUT2D eigenvalue weighted by molar-refractivity contribution is 14.1. The van der Waals surface area contributed by atoms with Crippen molar-refractivity contribution in [1.29, 1.82) is 0 Å². The Morgan fingerprint density at radius 2 is 2.38 bits per heavy atom. The molecule has 1 aliphatic carbocycles. The summed E-state index contributed by atoms with van der Waals surface area (Å²) in [6.45, 7) is 0. The van der Waals surface area contributed by atoms with Crippen molar-refractivity contribution in [1.82, 2.24) is 0 Å². The summed E-state index contributed by atoms with van der Waals surface area (Å²) in [5.41, 5.74) is 0. The average molecular weight is 224 g/mol. The fourth-order valence-electron chi connectivity index (χ4n) is 0.879. The van der Waals surface area contributed by atoms with Gasteiger partial charge < -0.3 is 3.07 Å². The maximum Gasteiger partial charge on any atom is 0.192 e. The van der Waals surface area contributed by atoms with Crippen LogP contribution in [0.25, 0.3) is 0 Å². The number of halogens is 1. The van der Waals surface area contributed by atoms with Gasteiger partial charge in [-0.1, -0.05) is 0 Å². The van der Waals surface area contributed by atoms with Gasteiger partial charge in [-0.25, -0.2) is 0 Å². The summed E-state index contributed by atoms with van der Waals surface area (Å²) in [4.78, 5) is 0. The Balaban J connectivity index is 2.37. The summed E-state index contributed by atoms with van der Waals surface area (Å²) >= 11 is 1.94. The predicted molar refractivity (Wildman–Crippen MR) is 41.7 cm³/mol. The molecule has 0 bridgehead atoms. The van der Waals surface area contributed by atoms with E-state index in [4.69, 9.17) is 3.07 Å². The number of hydrogen-bond acceptors (Lipinski definition) is 1. The molecule has 8 heavy (non-hydrogen) atoms. The molecule has 0 fully saturated rings. The molecule has 1 nitrogen and oxygen atoms in total. The largest absolute Gasteiger partial charge is 0.433 e. The zero-order valence-electron chi connectivity index (χ0n) is 4.69. The second-order valence-electron chi connectivity index (χ2n) is 1.99. The van der Waals surface area contributed by atoms with Crippen LogP contribution in [0.1, 0.15) is 25.7 Å². The highest BCUT2D eigenvalue weighted by Crippen LogP contribution is 2.19. The minimum Gasteiger partial charge on any atom is -0.433 e. The lowest BCUT2D eigenvalue weighted by molar-refractivity contribution is 0.485. The summed E-state index contributed by atoms with van der Waals surface area (Å²) in [7, 11) is 0. The van der Waals surface area contributed by atoms with Crippen molar-refractivity contribution < 1.29 is 3.07 Å². The van der Waals surface area contributed by atoms with Gasteiger partial charge in [-0.2, -0.15) is 0 Å². The first-order valence-electron chi connectivity index (χ1n) is 2.91. The summed E-state index contributed by atoms with van der Waals surface area (Å²) in [5, 5.41) is 0. The molecule has 46 valence electrons. The van der Waals surface area contributed by atoms with Crippen LogP contribution in [0.5, 0.6) is 0 Å². The summed E-state index contributed by atoms with van der Waals surface area (Å²) in [5.74, 6) is 1.16. The molecule has 1 aliphatic rings. The predicted octanol–water partition coefficient (Wildman–Crippen LogP) is 2.81. The third kappa shape index (κ3) is 1.65. The van der Waals surface area contributed by atoms with E-state index < -0.39 is 0 Å². The molecule has 0 radical (unpaired) electrons. The Kier molecular flexibility index (Phi) is 2.66.